The van der Waals surface area contributed by atoms with E-state index in [-0.39, 0.29) is 6.04 Å². The minimum atomic E-state index is 0.175. The van der Waals surface area contributed by atoms with E-state index in [1.165, 1.54) is 34.4 Å². The van der Waals surface area contributed by atoms with E-state index in [0.717, 1.165) is 12.8 Å². The zero-order valence-corrected chi connectivity index (χ0v) is 14.3. The van der Waals surface area contributed by atoms with Crippen molar-refractivity contribution in [1.29, 1.82) is 0 Å². The fourth-order valence-corrected chi connectivity index (χ4v) is 3.79. The van der Waals surface area contributed by atoms with Crippen LogP contribution in [0.1, 0.15) is 36.4 Å². The van der Waals surface area contributed by atoms with E-state index in [4.69, 9.17) is 12.2 Å². The molecule has 24 heavy (non-hydrogen) atoms. The lowest BCUT2D eigenvalue weighted by atomic mass is 9.83. The van der Waals surface area contributed by atoms with Gasteiger partial charge in [-0.1, -0.05) is 60.7 Å². The van der Waals surface area contributed by atoms with Gasteiger partial charge in [0.1, 0.15) is 0 Å². The maximum atomic E-state index is 5.49. The van der Waals surface area contributed by atoms with Gasteiger partial charge in [-0.15, -0.1) is 0 Å². The van der Waals surface area contributed by atoms with E-state index in [0.29, 0.717) is 5.11 Å². The Kier molecular flexibility index (Phi) is 4.18. The van der Waals surface area contributed by atoms with Crippen LogP contribution in [0.4, 0.5) is 0 Å². The summed E-state index contributed by atoms with van der Waals surface area (Å²) >= 11 is 5.49. The quantitative estimate of drug-likeness (QED) is 0.778. The second-order valence-corrected chi connectivity index (χ2v) is 6.68. The van der Waals surface area contributed by atoms with Crippen LogP contribution in [-0.4, -0.2) is 5.11 Å². The van der Waals surface area contributed by atoms with Crippen LogP contribution in [-0.2, 0) is 0 Å². The highest BCUT2D eigenvalue weighted by Gasteiger charge is 2.30. The molecule has 1 heterocycles. The van der Waals surface area contributed by atoms with Crippen LogP contribution >= 0.6 is 12.2 Å². The summed E-state index contributed by atoms with van der Waals surface area (Å²) in [6.07, 6.45) is 5.66. The molecule has 4 rings (SSSR count). The van der Waals surface area contributed by atoms with Crippen molar-refractivity contribution >= 4 is 23.4 Å². The molecule has 2 nitrogen and oxygen atoms in total. The molecule has 2 aromatic carbocycles. The summed E-state index contributed by atoms with van der Waals surface area (Å²) in [5.41, 5.74) is 6.51. The van der Waals surface area contributed by atoms with Crippen LogP contribution in [0.25, 0.3) is 6.08 Å². The SMILES string of the molecule is S=C1NC2=C(CCC/C2=C\c2ccccc2)C(c2ccccc2)N1. The molecular formula is C21H20N2S. The molecule has 1 aliphatic heterocycles. The van der Waals surface area contributed by atoms with Gasteiger partial charge in [0.15, 0.2) is 5.11 Å². The van der Waals surface area contributed by atoms with E-state index in [1.54, 1.807) is 0 Å². The van der Waals surface area contributed by atoms with Crippen LogP contribution in [0.3, 0.4) is 0 Å². The van der Waals surface area contributed by atoms with Gasteiger partial charge in [0.25, 0.3) is 0 Å². The molecule has 0 radical (unpaired) electrons. The second-order valence-electron chi connectivity index (χ2n) is 6.28. The maximum Gasteiger partial charge on any atom is 0.171 e. The smallest absolute Gasteiger partial charge is 0.171 e. The summed E-state index contributed by atoms with van der Waals surface area (Å²) < 4.78 is 0. The Labute approximate surface area is 148 Å². The first-order chi connectivity index (χ1) is 11.8. The molecule has 2 N–H and O–H groups in total. The highest BCUT2D eigenvalue weighted by molar-refractivity contribution is 7.80. The largest absolute Gasteiger partial charge is 0.352 e. The average molecular weight is 332 g/mol. The van der Waals surface area contributed by atoms with E-state index in [2.05, 4.69) is 77.4 Å². The van der Waals surface area contributed by atoms with Crippen molar-refractivity contribution in [3.05, 3.63) is 88.6 Å². The van der Waals surface area contributed by atoms with Crippen LogP contribution in [0.2, 0.25) is 0 Å². The molecule has 2 aromatic rings. The monoisotopic (exact) mass is 332 g/mol. The first-order valence-electron chi connectivity index (χ1n) is 8.43. The highest BCUT2D eigenvalue weighted by Crippen LogP contribution is 2.38. The van der Waals surface area contributed by atoms with Crippen LogP contribution < -0.4 is 10.6 Å². The number of hydrogen-bond donors (Lipinski definition) is 2. The van der Waals surface area contributed by atoms with Crippen molar-refractivity contribution < 1.29 is 0 Å². The van der Waals surface area contributed by atoms with Crippen molar-refractivity contribution in [2.75, 3.05) is 0 Å². The van der Waals surface area contributed by atoms with Gasteiger partial charge in [-0.3, -0.25) is 0 Å². The average Bonchev–Trinajstić information content (AvgIpc) is 2.63. The molecule has 0 saturated carbocycles. The Morgan fingerprint density at radius 1 is 0.917 bits per heavy atom. The van der Waals surface area contributed by atoms with Gasteiger partial charge < -0.3 is 10.6 Å². The Morgan fingerprint density at radius 3 is 2.38 bits per heavy atom. The summed E-state index contributed by atoms with van der Waals surface area (Å²) in [7, 11) is 0. The van der Waals surface area contributed by atoms with Crippen molar-refractivity contribution in [3.8, 4) is 0 Å². The predicted octanol–water partition coefficient (Wildman–Crippen LogP) is 4.73. The van der Waals surface area contributed by atoms with E-state index in [1.807, 2.05) is 0 Å². The first kappa shape index (κ1) is 15.2. The Bertz CT molecular complexity index is 806. The lowest BCUT2D eigenvalue weighted by molar-refractivity contribution is 0.609. The number of rotatable bonds is 2. The number of thiocarbonyl (C=S) groups is 1. The molecule has 1 aliphatic carbocycles. The number of benzene rings is 2. The summed E-state index contributed by atoms with van der Waals surface area (Å²) in [5.74, 6) is 0. The molecular weight excluding hydrogens is 312 g/mol. The Hall–Kier alpha value is -2.39. The molecule has 2 aliphatic rings. The van der Waals surface area contributed by atoms with E-state index >= 15 is 0 Å². The molecule has 0 bridgehead atoms. The summed E-state index contributed by atoms with van der Waals surface area (Å²) in [4.78, 5) is 0. The van der Waals surface area contributed by atoms with Gasteiger partial charge >= 0.3 is 0 Å². The van der Waals surface area contributed by atoms with Gasteiger partial charge in [-0.25, -0.2) is 0 Å². The van der Waals surface area contributed by atoms with Crippen molar-refractivity contribution in [2.24, 2.45) is 0 Å². The second kappa shape index (κ2) is 6.62. The minimum Gasteiger partial charge on any atom is -0.352 e. The molecule has 0 fully saturated rings. The van der Waals surface area contributed by atoms with Crippen LogP contribution in [0.15, 0.2) is 77.5 Å². The van der Waals surface area contributed by atoms with Crippen LogP contribution in [0.5, 0.6) is 0 Å². The summed E-state index contributed by atoms with van der Waals surface area (Å²) in [6.45, 7) is 0. The highest BCUT2D eigenvalue weighted by atomic mass is 32.1. The molecule has 120 valence electrons. The van der Waals surface area contributed by atoms with Gasteiger partial charge in [0.05, 0.1) is 6.04 Å². The number of nitrogens with one attached hydrogen (secondary N) is 2. The third-order valence-corrected chi connectivity index (χ3v) is 4.89. The molecule has 0 amide bonds. The molecule has 1 unspecified atom stereocenters. The van der Waals surface area contributed by atoms with E-state index in [9.17, 15) is 0 Å². The van der Waals surface area contributed by atoms with E-state index < -0.39 is 0 Å². The topological polar surface area (TPSA) is 24.1 Å². The number of allylic oxidation sites excluding steroid dienone is 1. The summed E-state index contributed by atoms with van der Waals surface area (Å²) in [5, 5.41) is 7.58. The zero-order chi connectivity index (χ0) is 16.4. The zero-order valence-electron chi connectivity index (χ0n) is 13.5. The maximum absolute atomic E-state index is 5.49. The lowest BCUT2D eigenvalue weighted by Gasteiger charge is -2.36. The van der Waals surface area contributed by atoms with Crippen LogP contribution in [0, 0.1) is 0 Å². The Balaban J connectivity index is 1.77. The summed E-state index contributed by atoms with van der Waals surface area (Å²) in [6, 6.07) is 21.3. The Morgan fingerprint density at radius 2 is 1.62 bits per heavy atom. The molecule has 0 saturated heterocycles. The van der Waals surface area contributed by atoms with Gasteiger partial charge in [0, 0.05) is 5.70 Å². The molecule has 0 spiro atoms. The third kappa shape index (κ3) is 3.00. The predicted molar refractivity (Wildman–Crippen MR) is 103 cm³/mol. The van der Waals surface area contributed by atoms with Crippen molar-refractivity contribution in [2.45, 2.75) is 25.3 Å². The normalized spacial score (nSPS) is 21.9. The van der Waals surface area contributed by atoms with Gasteiger partial charge in [-0.2, -0.15) is 0 Å². The third-order valence-electron chi connectivity index (χ3n) is 4.67. The molecule has 3 heteroatoms. The van der Waals surface area contributed by atoms with Gasteiger partial charge in [-0.05, 0) is 59.8 Å². The fraction of sp³-hybridized carbons (Fsp3) is 0.190. The lowest BCUT2D eigenvalue weighted by Crippen LogP contribution is -2.45. The first-order valence-corrected chi connectivity index (χ1v) is 8.83. The van der Waals surface area contributed by atoms with Gasteiger partial charge in [0.2, 0.25) is 0 Å². The minimum absolute atomic E-state index is 0.175. The molecule has 0 aromatic heterocycles. The fourth-order valence-electron chi connectivity index (χ4n) is 3.57. The molecule has 1 atom stereocenters. The van der Waals surface area contributed by atoms with Crippen molar-refractivity contribution in [1.82, 2.24) is 10.6 Å². The standard InChI is InChI=1S/C21H20N2S/c24-21-22-19(16-10-5-2-6-11-16)18-13-7-12-17(20(18)23-21)14-15-8-3-1-4-9-15/h1-6,8-11,14,19H,7,12-13H2,(H2,22,23,24)/b17-14+. The number of hydrogen-bond acceptors (Lipinski definition) is 1. The van der Waals surface area contributed by atoms with Crippen molar-refractivity contribution in [3.63, 3.8) is 0 Å².